The monoisotopic (exact) mass is 614 g/mol. The van der Waals surface area contributed by atoms with Crippen LogP contribution < -0.4 is 21.3 Å². The van der Waals surface area contributed by atoms with E-state index in [2.05, 4.69) is 41.3 Å². The van der Waals surface area contributed by atoms with Gasteiger partial charge in [-0.1, -0.05) is 24.3 Å². The summed E-state index contributed by atoms with van der Waals surface area (Å²) in [5.41, 5.74) is 2.01. The molecule has 14 heteroatoms. The van der Waals surface area contributed by atoms with Gasteiger partial charge >= 0.3 is 0 Å². The lowest BCUT2D eigenvalue weighted by molar-refractivity contribution is -0.136. The van der Waals surface area contributed by atoms with Crippen molar-refractivity contribution in [2.45, 2.75) is 44.7 Å². The van der Waals surface area contributed by atoms with Crippen molar-refractivity contribution < 1.29 is 19.2 Å². The molecule has 0 aliphatic carbocycles. The van der Waals surface area contributed by atoms with Gasteiger partial charge in [0, 0.05) is 62.7 Å². The van der Waals surface area contributed by atoms with Gasteiger partial charge in [0.05, 0.1) is 6.54 Å². The lowest BCUT2D eigenvalue weighted by Gasteiger charge is -2.23. The standard InChI is InChI=1S/C31H38N10O4/c42-28-19-40(29(43)11-6-16-41-21-32-20-37-41)15-4-3-12-35-30(44)26(17-22-18-36-24-8-2-1-7-23(22)24)39-31(45)25-9-5-10-27(38-25)33-13-14-34-28/h1-2,5,7-10,18,20-21,26,36H,3-4,6,11-17,19H2,(H,33,38)(H,34,42)(H,35,44)(H,39,45)/t26-/m0/s1. The summed E-state index contributed by atoms with van der Waals surface area (Å²) in [5, 5.41) is 16.8. The highest BCUT2D eigenvalue weighted by molar-refractivity contribution is 5.97. The van der Waals surface area contributed by atoms with Gasteiger partial charge in [-0.2, -0.15) is 5.10 Å². The van der Waals surface area contributed by atoms with Crippen LogP contribution in [0.25, 0.3) is 10.9 Å². The number of carbonyl (C=O) groups is 4. The lowest BCUT2D eigenvalue weighted by atomic mass is 10.0. The number of anilines is 1. The van der Waals surface area contributed by atoms with Crippen LogP contribution in [0.1, 0.15) is 41.7 Å². The fourth-order valence-electron chi connectivity index (χ4n) is 5.20. The predicted molar refractivity (Wildman–Crippen MR) is 167 cm³/mol. The molecule has 1 aromatic carbocycles. The molecule has 4 aromatic rings. The Morgan fingerprint density at radius 2 is 1.82 bits per heavy atom. The Bertz CT molecular complexity index is 1600. The molecule has 1 atom stereocenters. The van der Waals surface area contributed by atoms with E-state index >= 15 is 0 Å². The summed E-state index contributed by atoms with van der Waals surface area (Å²) in [5.74, 6) is -0.726. The number of aromatic nitrogens is 5. The van der Waals surface area contributed by atoms with Gasteiger partial charge in [0.15, 0.2) is 0 Å². The summed E-state index contributed by atoms with van der Waals surface area (Å²) in [6, 6.07) is 12.0. The molecule has 0 saturated heterocycles. The first-order valence-electron chi connectivity index (χ1n) is 15.2. The summed E-state index contributed by atoms with van der Waals surface area (Å²) in [4.78, 5) is 65.6. The van der Waals surface area contributed by atoms with Crippen LogP contribution in [0.4, 0.5) is 5.82 Å². The van der Waals surface area contributed by atoms with E-state index in [1.165, 1.54) is 6.33 Å². The molecule has 0 fully saturated rings. The minimum absolute atomic E-state index is 0.0621. The highest BCUT2D eigenvalue weighted by Gasteiger charge is 2.24. The Morgan fingerprint density at radius 1 is 0.956 bits per heavy atom. The third kappa shape index (κ3) is 8.87. The maximum atomic E-state index is 13.4. The third-order valence-corrected chi connectivity index (χ3v) is 7.54. The zero-order chi connectivity index (χ0) is 31.4. The summed E-state index contributed by atoms with van der Waals surface area (Å²) < 4.78 is 1.66. The van der Waals surface area contributed by atoms with E-state index in [1.54, 1.807) is 34.1 Å². The minimum Gasteiger partial charge on any atom is -0.368 e. The molecule has 2 bridgehead atoms. The molecule has 1 aliphatic rings. The number of amides is 4. The molecule has 3 aromatic heterocycles. The first-order chi connectivity index (χ1) is 22.0. The van der Waals surface area contributed by atoms with Gasteiger partial charge in [-0.05, 0) is 43.0 Å². The number of hydrogen-bond acceptors (Lipinski definition) is 8. The van der Waals surface area contributed by atoms with E-state index in [9.17, 15) is 19.2 Å². The van der Waals surface area contributed by atoms with E-state index in [-0.39, 0.29) is 42.8 Å². The molecule has 0 saturated carbocycles. The molecule has 236 valence electrons. The Labute approximate surface area is 260 Å². The first kappa shape index (κ1) is 31.2. The smallest absolute Gasteiger partial charge is 0.270 e. The number of nitrogens with one attached hydrogen (secondary N) is 5. The SMILES string of the molecule is O=C1CN(C(=O)CCCn2cncn2)CCCCNC(=O)[C@H](Cc2c[nH]c3ccccc23)NC(=O)c2cccc(n2)NCCN1. The second-order valence-corrected chi connectivity index (χ2v) is 10.9. The van der Waals surface area contributed by atoms with Gasteiger partial charge in [0.1, 0.15) is 30.2 Å². The molecule has 1 aliphatic heterocycles. The van der Waals surface area contributed by atoms with E-state index in [0.717, 1.165) is 16.5 Å². The summed E-state index contributed by atoms with van der Waals surface area (Å²) in [6.07, 6.45) is 7.18. The van der Waals surface area contributed by atoms with Crippen LogP contribution in [0.3, 0.4) is 0 Å². The van der Waals surface area contributed by atoms with Gasteiger partial charge in [0.2, 0.25) is 17.7 Å². The van der Waals surface area contributed by atoms with Gasteiger partial charge in [-0.15, -0.1) is 0 Å². The molecular formula is C31H38N10O4. The molecular weight excluding hydrogens is 576 g/mol. The molecule has 45 heavy (non-hydrogen) atoms. The Hall–Kier alpha value is -5.27. The van der Waals surface area contributed by atoms with Crippen molar-refractivity contribution in [3.05, 3.63) is 72.6 Å². The van der Waals surface area contributed by atoms with Gasteiger partial charge in [0.25, 0.3) is 5.91 Å². The van der Waals surface area contributed by atoms with Crippen molar-refractivity contribution >= 4 is 40.3 Å². The van der Waals surface area contributed by atoms with Crippen molar-refractivity contribution in [2.75, 3.05) is 38.0 Å². The average Bonchev–Trinajstić information content (AvgIpc) is 3.72. The fraction of sp³-hybridized carbons (Fsp3) is 0.387. The average molecular weight is 615 g/mol. The summed E-state index contributed by atoms with van der Waals surface area (Å²) >= 11 is 0. The number of carbonyl (C=O) groups excluding carboxylic acids is 4. The first-order valence-corrected chi connectivity index (χ1v) is 15.2. The quantitative estimate of drug-likeness (QED) is 0.215. The summed E-state index contributed by atoms with van der Waals surface area (Å²) in [6.45, 7) is 1.87. The number of H-pyrrole nitrogens is 1. The second-order valence-electron chi connectivity index (χ2n) is 10.9. The van der Waals surface area contributed by atoms with E-state index < -0.39 is 11.9 Å². The van der Waals surface area contributed by atoms with E-state index in [1.807, 2.05) is 30.5 Å². The fourth-order valence-corrected chi connectivity index (χ4v) is 5.20. The van der Waals surface area contributed by atoms with Crippen LogP contribution in [0.15, 0.2) is 61.3 Å². The second kappa shape index (κ2) is 15.5. The normalized spacial score (nSPS) is 17.3. The number of aromatic amines is 1. The molecule has 4 heterocycles. The number of nitrogens with zero attached hydrogens (tertiary/aromatic N) is 5. The van der Waals surface area contributed by atoms with Gasteiger partial charge in [-0.25, -0.2) is 9.97 Å². The number of rotatable bonds is 6. The van der Waals surface area contributed by atoms with Crippen molar-refractivity contribution in [1.29, 1.82) is 0 Å². The molecule has 4 amide bonds. The van der Waals surface area contributed by atoms with Gasteiger partial charge < -0.3 is 31.2 Å². The molecule has 5 N–H and O–H groups in total. The number of benzene rings is 1. The van der Waals surface area contributed by atoms with Crippen LogP contribution in [0.2, 0.25) is 0 Å². The predicted octanol–water partition coefficient (Wildman–Crippen LogP) is 1.24. The highest BCUT2D eigenvalue weighted by atomic mass is 16.2. The lowest BCUT2D eigenvalue weighted by Crippen LogP contribution is -2.48. The molecule has 14 nitrogen and oxygen atoms in total. The number of fused-ring (bicyclic) bond motifs is 3. The van der Waals surface area contributed by atoms with E-state index in [4.69, 9.17) is 0 Å². The molecule has 0 spiro atoms. The number of hydrogen-bond donors (Lipinski definition) is 5. The highest BCUT2D eigenvalue weighted by Crippen LogP contribution is 2.19. The number of pyridine rings is 1. The molecule has 5 rings (SSSR count). The maximum Gasteiger partial charge on any atom is 0.270 e. The van der Waals surface area contributed by atoms with Crippen LogP contribution in [0.5, 0.6) is 0 Å². The van der Waals surface area contributed by atoms with Crippen LogP contribution in [-0.4, -0.2) is 92.0 Å². The maximum absolute atomic E-state index is 13.4. The molecule has 0 radical (unpaired) electrons. The Kier molecular flexibility index (Phi) is 10.7. The third-order valence-electron chi connectivity index (χ3n) is 7.54. The van der Waals surface area contributed by atoms with Crippen LogP contribution in [-0.2, 0) is 27.3 Å². The van der Waals surface area contributed by atoms with Crippen molar-refractivity contribution in [3.8, 4) is 0 Å². The number of para-hydroxylation sites is 1. The van der Waals surface area contributed by atoms with Gasteiger partial charge in [-0.3, -0.25) is 23.9 Å². The summed E-state index contributed by atoms with van der Waals surface area (Å²) in [7, 11) is 0. The van der Waals surface area contributed by atoms with Crippen LogP contribution >= 0.6 is 0 Å². The van der Waals surface area contributed by atoms with Crippen molar-refractivity contribution in [3.63, 3.8) is 0 Å². The van der Waals surface area contributed by atoms with Crippen LogP contribution in [0, 0.1) is 0 Å². The van der Waals surface area contributed by atoms with Crippen molar-refractivity contribution in [2.24, 2.45) is 0 Å². The minimum atomic E-state index is -0.845. The number of aryl methyl sites for hydroxylation is 1. The topological polar surface area (TPSA) is 179 Å². The van der Waals surface area contributed by atoms with E-state index in [0.29, 0.717) is 57.8 Å². The zero-order valence-electron chi connectivity index (χ0n) is 25.0. The Morgan fingerprint density at radius 3 is 2.69 bits per heavy atom. The Balaban J connectivity index is 1.27. The largest absolute Gasteiger partial charge is 0.368 e. The van der Waals surface area contributed by atoms with Crippen molar-refractivity contribution in [1.82, 2.24) is 45.6 Å². The zero-order valence-corrected chi connectivity index (χ0v) is 25.0. The molecule has 0 unspecified atom stereocenters.